The number of hydrogen-bond acceptors (Lipinski definition) is 2. The van der Waals surface area contributed by atoms with Crippen LogP contribution < -0.4 is 5.32 Å². The number of anilines is 1. The number of rotatable bonds is 6. The van der Waals surface area contributed by atoms with Gasteiger partial charge in [-0.3, -0.25) is 4.79 Å². The van der Waals surface area contributed by atoms with E-state index in [1.54, 1.807) is 0 Å². The zero-order chi connectivity index (χ0) is 15.7. The van der Waals surface area contributed by atoms with Crippen molar-refractivity contribution in [3.8, 4) is 11.8 Å². The molecule has 0 fully saturated rings. The van der Waals surface area contributed by atoms with Crippen LogP contribution in [0.15, 0.2) is 18.2 Å². The highest BCUT2D eigenvalue weighted by atomic mass is 19.1. The standard InChI is InChI=1S/C17H22FNO2/c1-3-6-13(7-4-2)17(21)19-15-9-10-16(18)14(12-15)8-5-11-20/h9-10,12-13,20H,3-4,6-7,11H2,1-2H3,(H,19,21). The Labute approximate surface area is 125 Å². The molecule has 1 rings (SSSR count). The van der Waals surface area contributed by atoms with Gasteiger partial charge in [0.15, 0.2) is 0 Å². The Bertz CT molecular complexity index is 525. The first kappa shape index (κ1) is 17.2. The number of nitrogens with one attached hydrogen (secondary N) is 1. The van der Waals surface area contributed by atoms with Crippen molar-refractivity contribution in [2.24, 2.45) is 5.92 Å². The van der Waals surface area contributed by atoms with E-state index in [0.717, 1.165) is 25.7 Å². The first-order chi connectivity index (χ1) is 10.1. The largest absolute Gasteiger partial charge is 0.384 e. The van der Waals surface area contributed by atoms with Gasteiger partial charge in [-0.2, -0.15) is 0 Å². The second-order valence-corrected chi connectivity index (χ2v) is 4.92. The maximum Gasteiger partial charge on any atom is 0.227 e. The fraction of sp³-hybridized carbons (Fsp3) is 0.471. The van der Waals surface area contributed by atoms with Gasteiger partial charge in [0.05, 0.1) is 5.56 Å². The summed E-state index contributed by atoms with van der Waals surface area (Å²) >= 11 is 0. The number of halogens is 1. The summed E-state index contributed by atoms with van der Waals surface area (Å²) in [4.78, 5) is 12.2. The van der Waals surface area contributed by atoms with Gasteiger partial charge < -0.3 is 10.4 Å². The SMILES string of the molecule is CCCC(CCC)C(=O)Nc1ccc(F)c(C#CCO)c1. The molecule has 0 atom stereocenters. The van der Waals surface area contributed by atoms with E-state index < -0.39 is 5.82 Å². The first-order valence-corrected chi connectivity index (χ1v) is 7.32. The Morgan fingerprint density at radius 1 is 1.33 bits per heavy atom. The highest BCUT2D eigenvalue weighted by Gasteiger charge is 2.16. The molecule has 0 heterocycles. The van der Waals surface area contributed by atoms with Gasteiger partial charge in [0.25, 0.3) is 0 Å². The van der Waals surface area contributed by atoms with E-state index in [2.05, 4.69) is 31.0 Å². The zero-order valence-corrected chi connectivity index (χ0v) is 12.6. The summed E-state index contributed by atoms with van der Waals surface area (Å²) in [6, 6.07) is 4.28. The predicted octanol–water partition coefficient (Wildman–Crippen LogP) is 3.32. The normalized spacial score (nSPS) is 10.1. The van der Waals surface area contributed by atoms with Crippen LogP contribution in [0.1, 0.15) is 45.1 Å². The second kappa shape index (κ2) is 9.15. The van der Waals surface area contributed by atoms with E-state index in [9.17, 15) is 9.18 Å². The van der Waals surface area contributed by atoms with Gasteiger partial charge in [0.1, 0.15) is 12.4 Å². The Morgan fingerprint density at radius 3 is 2.57 bits per heavy atom. The molecule has 0 aromatic heterocycles. The van der Waals surface area contributed by atoms with E-state index >= 15 is 0 Å². The minimum absolute atomic E-state index is 0.0166. The van der Waals surface area contributed by atoms with E-state index in [1.807, 2.05) is 0 Å². The third kappa shape index (κ3) is 5.57. The molecule has 0 spiro atoms. The number of aliphatic hydroxyl groups excluding tert-OH is 1. The van der Waals surface area contributed by atoms with Crippen molar-refractivity contribution in [3.63, 3.8) is 0 Å². The molecule has 4 heteroatoms. The van der Waals surface area contributed by atoms with Crippen molar-refractivity contribution < 1.29 is 14.3 Å². The van der Waals surface area contributed by atoms with E-state index in [1.165, 1.54) is 18.2 Å². The molecular formula is C17H22FNO2. The van der Waals surface area contributed by atoms with Crippen LogP contribution in [0.25, 0.3) is 0 Å². The average Bonchev–Trinajstić information content (AvgIpc) is 2.47. The van der Waals surface area contributed by atoms with Crippen LogP contribution in [-0.2, 0) is 4.79 Å². The highest BCUT2D eigenvalue weighted by Crippen LogP contribution is 2.19. The maximum absolute atomic E-state index is 13.5. The number of carbonyl (C=O) groups excluding carboxylic acids is 1. The van der Waals surface area contributed by atoms with E-state index in [-0.39, 0.29) is 24.0 Å². The molecule has 0 radical (unpaired) electrons. The molecule has 1 aromatic carbocycles. The minimum Gasteiger partial charge on any atom is -0.384 e. The number of hydrogen-bond donors (Lipinski definition) is 2. The fourth-order valence-corrected chi connectivity index (χ4v) is 2.18. The number of amides is 1. The topological polar surface area (TPSA) is 49.3 Å². The quantitative estimate of drug-likeness (QED) is 0.790. The lowest BCUT2D eigenvalue weighted by atomic mass is 9.97. The van der Waals surface area contributed by atoms with Crippen molar-refractivity contribution in [2.45, 2.75) is 39.5 Å². The van der Waals surface area contributed by atoms with Gasteiger partial charge in [-0.25, -0.2) is 4.39 Å². The van der Waals surface area contributed by atoms with E-state index in [0.29, 0.717) is 5.69 Å². The molecule has 0 unspecified atom stereocenters. The summed E-state index contributed by atoms with van der Waals surface area (Å²) < 4.78 is 13.5. The lowest BCUT2D eigenvalue weighted by Crippen LogP contribution is -2.22. The van der Waals surface area contributed by atoms with Crippen LogP contribution in [0.3, 0.4) is 0 Å². The molecule has 114 valence electrons. The van der Waals surface area contributed by atoms with Crippen LogP contribution in [-0.4, -0.2) is 17.6 Å². The molecule has 0 saturated heterocycles. The monoisotopic (exact) mass is 291 g/mol. The Morgan fingerprint density at radius 2 is 2.00 bits per heavy atom. The lowest BCUT2D eigenvalue weighted by molar-refractivity contribution is -0.120. The predicted molar refractivity (Wildman–Crippen MR) is 82.3 cm³/mol. The highest BCUT2D eigenvalue weighted by molar-refractivity contribution is 5.92. The molecular weight excluding hydrogens is 269 g/mol. The maximum atomic E-state index is 13.5. The van der Waals surface area contributed by atoms with E-state index in [4.69, 9.17) is 5.11 Å². The minimum atomic E-state index is -0.465. The molecule has 2 N–H and O–H groups in total. The second-order valence-electron chi connectivity index (χ2n) is 4.92. The third-order valence-electron chi connectivity index (χ3n) is 3.18. The van der Waals surface area contributed by atoms with Crippen LogP contribution >= 0.6 is 0 Å². The zero-order valence-electron chi connectivity index (χ0n) is 12.6. The molecule has 0 aliphatic carbocycles. The van der Waals surface area contributed by atoms with Gasteiger partial charge in [-0.1, -0.05) is 38.5 Å². The third-order valence-corrected chi connectivity index (χ3v) is 3.18. The first-order valence-electron chi connectivity index (χ1n) is 7.32. The van der Waals surface area contributed by atoms with Gasteiger partial charge in [0.2, 0.25) is 5.91 Å². The van der Waals surface area contributed by atoms with Crippen molar-refractivity contribution >= 4 is 11.6 Å². The number of aliphatic hydroxyl groups is 1. The van der Waals surface area contributed by atoms with Gasteiger partial charge in [-0.15, -0.1) is 0 Å². The number of benzene rings is 1. The summed E-state index contributed by atoms with van der Waals surface area (Å²) in [7, 11) is 0. The molecule has 21 heavy (non-hydrogen) atoms. The molecule has 0 bridgehead atoms. The number of carbonyl (C=O) groups is 1. The van der Waals surface area contributed by atoms with Crippen molar-refractivity contribution in [2.75, 3.05) is 11.9 Å². The average molecular weight is 291 g/mol. The smallest absolute Gasteiger partial charge is 0.227 e. The van der Waals surface area contributed by atoms with Crippen molar-refractivity contribution in [1.29, 1.82) is 0 Å². The summed E-state index contributed by atoms with van der Waals surface area (Å²) in [5, 5.41) is 11.5. The van der Waals surface area contributed by atoms with Crippen LogP contribution in [0.4, 0.5) is 10.1 Å². The summed E-state index contributed by atoms with van der Waals surface area (Å²) in [6.07, 6.45) is 3.60. The Balaban J connectivity index is 2.84. The molecule has 0 aliphatic heterocycles. The van der Waals surface area contributed by atoms with Crippen LogP contribution in [0.2, 0.25) is 0 Å². The van der Waals surface area contributed by atoms with Crippen molar-refractivity contribution in [1.82, 2.24) is 0 Å². The summed E-state index contributed by atoms with van der Waals surface area (Å²) in [5.41, 5.74) is 0.699. The lowest BCUT2D eigenvalue weighted by Gasteiger charge is -2.15. The van der Waals surface area contributed by atoms with Gasteiger partial charge in [0, 0.05) is 11.6 Å². The fourth-order valence-electron chi connectivity index (χ4n) is 2.18. The van der Waals surface area contributed by atoms with Gasteiger partial charge in [-0.05, 0) is 31.0 Å². The summed E-state index contributed by atoms with van der Waals surface area (Å²) in [5.74, 6) is 4.41. The molecule has 1 aromatic rings. The molecule has 0 aliphatic rings. The molecule has 3 nitrogen and oxygen atoms in total. The Kier molecular flexibility index (Phi) is 7.49. The summed E-state index contributed by atoms with van der Waals surface area (Å²) in [6.45, 7) is 3.78. The Hall–Kier alpha value is -1.86. The van der Waals surface area contributed by atoms with Crippen molar-refractivity contribution in [3.05, 3.63) is 29.6 Å². The molecule has 0 saturated carbocycles. The van der Waals surface area contributed by atoms with Crippen LogP contribution in [0.5, 0.6) is 0 Å². The molecule has 1 amide bonds. The van der Waals surface area contributed by atoms with Crippen LogP contribution in [0, 0.1) is 23.6 Å². The van der Waals surface area contributed by atoms with Gasteiger partial charge >= 0.3 is 0 Å².